The predicted molar refractivity (Wildman–Crippen MR) is 57.7 cm³/mol. The zero-order chi connectivity index (χ0) is 10.7. The Morgan fingerprint density at radius 2 is 2.47 bits per heavy atom. The SMILES string of the molecule is CCc1cnc(C)nc1C1CNCCO1. The molecule has 0 amide bonds. The van der Waals surface area contributed by atoms with Gasteiger partial charge in [0, 0.05) is 19.3 Å². The summed E-state index contributed by atoms with van der Waals surface area (Å²) < 4.78 is 5.71. The van der Waals surface area contributed by atoms with Crippen molar-refractivity contribution in [2.24, 2.45) is 0 Å². The average Bonchev–Trinajstić information content (AvgIpc) is 2.30. The van der Waals surface area contributed by atoms with E-state index in [2.05, 4.69) is 22.2 Å². The molecule has 1 aromatic rings. The molecular weight excluding hydrogens is 190 g/mol. The van der Waals surface area contributed by atoms with Gasteiger partial charge in [-0.05, 0) is 18.9 Å². The van der Waals surface area contributed by atoms with Crippen molar-refractivity contribution in [3.63, 3.8) is 0 Å². The first-order valence-corrected chi connectivity index (χ1v) is 5.46. The monoisotopic (exact) mass is 207 g/mol. The lowest BCUT2D eigenvalue weighted by Gasteiger charge is -2.24. The molecule has 1 atom stereocenters. The van der Waals surface area contributed by atoms with Crippen LogP contribution in [0.5, 0.6) is 0 Å². The second kappa shape index (κ2) is 4.68. The molecule has 1 aliphatic heterocycles. The Kier molecular flexibility index (Phi) is 3.28. The van der Waals surface area contributed by atoms with Crippen LogP contribution in [0.15, 0.2) is 6.20 Å². The summed E-state index contributed by atoms with van der Waals surface area (Å²) in [6.07, 6.45) is 2.96. The molecule has 0 bridgehead atoms. The minimum atomic E-state index is 0.0930. The number of hydrogen-bond donors (Lipinski definition) is 1. The topological polar surface area (TPSA) is 47.0 Å². The average molecular weight is 207 g/mol. The lowest BCUT2D eigenvalue weighted by atomic mass is 10.1. The number of hydrogen-bond acceptors (Lipinski definition) is 4. The zero-order valence-electron chi connectivity index (χ0n) is 9.29. The van der Waals surface area contributed by atoms with Crippen molar-refractivity contribution in [2.45, 2.75) is 26.4 Å². The number of morpholine rings is 1. The van der Waals surface area contributed by atoms with Gasteiger partial charge >= 0.3 is 0 Å². The molecular formula is C11H17N3O. The van der Waals surface area contributed by atoms with E-state index in [9.17, 15) is 0 Å². The van der Waals surface area contributed by atoms with Gasteiger partial charge in [-0.3, -0.25) is 0 Å². The molecule has 2 rings (SSSR count). The Morgan fingerprint density at radius 1 is 1.60 bits per heavy atom. The van der Waals surface area contributed by atoms with Crippen molar-refractivity contribution in [1.29, 1.82) is 0 Å². The molecule has 0 saturated carbocycles. The summed E-state index contributed by atoms with van der Waals surface area (Å²) in [7, 11) is 0. The van der Waals surface area contributed by atoms with Gasteiger partial charge in [0.1, 0.15) is 11.9 Å². The van der Waals surface area contributed by atoms with Gasteiger partial charge in [-0.25, -0.2) is 9.97 Å². The molecule has 4 heteroatoms. The minimum Gasteiger partial charge on any atom is -0.369 e. The summed E-state index contributed by atoms with van der Waals surface area (Å²) in [5.74, 6) is 0.816. The second-order valence-electron chi connectivity index (χ2n) is 3.74. The molecule has 0 aromatic carbocycles. The van der Waals surface area contributed by atoms with E-state index in [1.807, 2.05) is 13.1 Å². The summed E-state index contributed by atoms with van der Waals surface area (Å²) in [6.45, 7) is 6.58. The molecule has 0 radical (unpaired) electrons. The van der Waals surface area contributed by atoms with Crippen LogP contribution in [-0.4, -0.2) is 29.7 Å². The minimum absolute atomic E-state index is 0.0930. The van der Waals surface area contributed by atoms with E-state index < -0.39 is 0 Å². The van der Waals surface area contributed by atoms with E-state index >= 15 is 0 Å². The van der Waals surface area contributed by atoms with Gasteiger partial charge in [-0.2, -0.15) is 0 Å². The highest BCUT2D eigenvalue weighted by atomic mass is 16.5. The number of nitrogens with one attached hydrogen (secondary N) is 1. The first kappa shape index (κ1) is 10.5. The molecule has 2 heterocycles. The third-order valence-corrected chi connectivity index (χ3v) is 2.63. The van der Waals surface area contributed by atoms with Crippen LogP contribution in [0.1, 0.15) is 30.1 Å². The Hall–Kier alpha value is -1.00. The third-order valence-electron chi connectivity index (χ3n) is 2.63. The number of nitrogens with zero attached hydrogens (tertiary/aromatic N) is 2. The molecule has 0 aliphatic carbocycles. The maximum absolute atomic E-state index is 5.71. The van der Waals surface area contributed by atoms with Gasteiger partial charge in [0.2, 0.25) is 0 Å². The van der Waals surface area contributed by atoms with E-state index in [4.69, 9.17) is 4.74 Å². The highest BCUT2D eigenvalue weighted by molar-refractivity contribution is 5.20. The Balaban J connectivity index is 2.27. The van der Waals surface area contributed by atoms with Crippen LogP contribution in [0.3, 0.4) is 0 Å². The molecule has 15 heavy (non-hydrogen) atoms. The molecule has 1 aromatic heterocycles. The Morgan fingerprint density at radius 3 is 3.13 bits per heavy atom. The summed E-state index contributed by atoms with van der Waals surface area (Å²) in [5, 5.41) is 3.32. The molecule has 4 nitrogen and oxygen atoms in total. The van der Waals surface area contributed by atoms with Crippen LogP contribution in [0.2, 0.25) is 0 Å². The highest BCUT2D eigenvalue weighted by Crippen LogP contribution is 2.20. The zero-order valence-corrected chi connectivity index (χ0v) is 9.29. The summed E-state index contributed by atoms with van der Waals surface area (Å²) in [4.78, 5) is 8.71. The van der Waals surface area contributed by atoms with Gasteiger partial charge in [-0.1, -0.05) is 6.92 Å². The fourth-order valence-electron chi connectivity index (χ4n) is 1.80. The Bertz CT molecular complexity index is 335. The van der Waals surface area contributed by atoms with Crippen molar-refractivity contribution >= 4 is 0 Å². The van der Waals surface area contributed by atoms with Crippen LogP contribution < -0.4 is 5.32 Å². The lowest BCUT2D eigenvalue weighted by Crippen LogP contribution is -2.34. The summed E-state index contributed by atoms with van der Waals surface area (Å²) >= 11 is 0. The fourth-order valence-corrected chi connectivity index (χ4v) is 1.80. The van der Waals surface area contributed by atoms with Gasteiger partial charge in [0.25, 0.3) is 0 Å². The van der Waals surface area contributed by atoms with Crippen molar-refractivity contribution < 1.29 is 4.74 Å². The van der Waals surface area contributed by atoms with Crippen molar-refractivity contribution in [3.8, 4) is 0 Å². The first-order valence-electron chi connectivity index (χ1n) is 5.46. The lowest BCUT2D eigenvalue weighted by molar-refractivity contribution is 0.0243. The van der Waals surface area contributed by atoms with Crippen LogP contribution in [0.25, 0.3) is 0 Å². The Labute approximate surface area is 90.1 Å². The fraction of sp³-hybridized carbons (Fsp3) is 0.636. The molecule has 1 aliphatic rings. The number of aryl methyl sites for hydroxylation is 2. The largest absolute Gasteiger partial charge is 0.369 e. The van der Waals surface area contributed by atoms with Crippen molar-refractivity contribution in [1.82, 2.24) is 15.3 Å². The van der Waals surface area contributed by atoms with E-state index in [1.54, 1.807) is 0 Å². The number of rotatable bonds is 2. The van der Waals surface area contributed by atoms with Gasteiger partial charge in [-0.15, -0.1) is 0 Å². The maximum atomic E-state index is 5.71. The number of aromatic nitrogens is 2. The molecule has 0 spiro atoms. The molecule has 1 unspecified atom stereocenters. The van der Waals surface area contributed by atoms with Gasteiger partial charge in [0.05, 0.1) is 12.3 Å². The third kappa shape index (κ3) is 2.33. The van der Waals surface area contributed by atoms with E-state index in [0.29, 0.717) is 0 Å². The van der Waals surface area contributed by atoms with Crippen molar-refractivity contribution in [3.05, 3.63) is 23.3 Å². The molecule has 1 fully saturated rings. The normalized spacial score (nSPS) is 21.6. The van der Waals surface area contributed by atoms with Crippen LogP contribution >= 0.6 is 0 Å². The molecule has 1 saturated heterocycles. The smallest absolute Gasteiger partial charge is 0.125 e. The highest BCUT2D eigenvalue weighted by Gasteiger charge is 2.20. The quantitative estimate of drug-likeness (QED) is 0.786. The first-order chi connectivity index (χ1) is 7.31. The van der Waals surface area contributed by atoms with Crippen LogP contribution in [0.4, 0.5) is 0 Å². The van der Waals surface area contributed by atoms with Crippen molar-refractivity contribution in [2.75, 3.05) is 19.7 Å². The predicted octanol–water partition coefficient (Wildman–Crippen LogP) is 1.01. The van der Waals surface area contributed by atoms with E-state index in [0.717, 1.165) is 37.6 Å². The summed E-state index contributed by atoms with van der Waals surface area (Å²) in [6, 6.07) is 0. The van der Waals surface area contributed by atoms with Crippen LogP contribution in [0, 0.1) is 6.92 Å². The van der Waals surface area contributed by atoms with Gasteiger partial charge in [0.15, 0.2) is 0 Å². The van der Waals surface area contributed by atoms with Gasteiger partial charge < -0.3 is 10.1 Å². The summed E-state index contributed by atoms with van der Waals surface area (Å²) in [5.41, 5.74) is 2.24. The van der Waals surface area contributed by atoms with Crippen LogP contribution in [-0.2, 0) is 11.2 Å². The maximum Gasteiger partial charge on any atom is 0.125 e. The molecule has 82 valence electrons. The van der Waals surface area contributed by atoms with E-state index in [1.165, 1.54) is 5.56 Å². The standard InChI is InChI=1S/C11H17N3O/c1-3-9-6-13-8(2)14-11(9)10-7-12-4-5-15-10/h6,10,12H,3-5,7H2,1-2H3. The number of ether oxygens (including phenoxy) is 1. The molecule has 1 N–H and O–H groups in total. The van der Waals surface area contributed by atoms with E-state index in [-0.39, 0.29) is 6.10 Å². The second-order valence-corrected chi connectivity index (χ2v) is 3.74.